The predicted octanol–water partition coefficient (Wildman–Crippen LogP) is 0.341. The van der Waals surface area contributed by atoms with E-state index < -0.39 is 15.9 Å². The highest BCUT2D eigenvalue weighted by atomic mass is 32.2. The van der Waals surface area contributed by atoms with Gasteiger partial charge in [-0.15, -0.1) is 10.2 Å². The van der Waals surface area contributed by atoms with Crippen molar-refractivity contribution in [3.05, 3.63) is 12.1 Å². The maximum atomic E-state index is 10.3. The molecule has 0 atom stereocenters. The molecule has 6 nitrogen and oxygen atoms in total. The zero-order valence-corrected chi connectivity index (χ0v) is 7.43. The van der Waals surface area contributed by atoms with Crippen LogP contribution in [-0.4, -0.2) is 23.2 Å². The molecule has 0 aliphatic heterocycles. The molecular weight excluding hydrogens is 204 g/mol. The first-order valence-electron chi connectivity index (χ1n) is 2.71. The second-order valence-corrected chi connectivity index (χ2v) is 3.92. The Morgan fingerprint density at radius 2 is 2.25 bits per heavy atom. The lowest BCUT2D eigenvalue weighted by molar-refractivity contribution is 0.415. The fourth-order valence-electron chi connectivity index (χ4n) is 0.511. The van der Waals surface area contributed by atoms with Gasteiger partial charge in [-0.05, 0) is 0 Å². The van der Waals surface area contributed by atoms with Gasteiger partial charge >= 0.3 is 0 Å². The lowest BCUT2D eigenvalue weighted by atomic mass is 10.8. The Balaban J connectivity index is 2.78. The number of rotatable bonds is 3. The Hall–Kier alpha value is -0.600. The van der Waals surface area contributed by atoms with E-state index in [0.29, 0.717) is 0 Å². The van der Waals surface area contributed by atoms with E-state index >= 15 is 0 Å². The van der Waals surface area contributed by atoms with Crippen LogP contribution in [0.15, 0.2) is 9.64 Å². The third kappa shape index (κ3) is 2.80. The summed E-state index contributed by atoms with van der Waals surface area (Å²) in [6.45, 7) is 0. The minimum atomic E-state index is -4.10. The number of thioether (sulfide) groups is 1. The molecule has 8 heteroatoms. The van der Waals surface area contributed by atoms with Crippen LogP contribution in [0.4, 0.5) is 0 Å². The smallest absolute Gasteiger partial charge is 0.276 e. The number of hydrogen-bond donors (Lipinski definition) is 1. The molecule has 0 unspecified atom stereocenters. The van der Waals surface area contributed by atoms with Crippen LogP contribution in [0.3, 0.4) is 0 Å². The van der Waals surface area contributed by atoms with Gasteiger partial charge in [-0.3, -0.25) is 4.55 Å². The molecule has 1 N–H and O–H groups in total. The van der Waals surface area contributed by atoms with Gasteiger partial charge in [-0.2, -0.15) is 8.42 Å². The van der Waals surface area contributed by atoms with Gasteiger partial charge in [0.2, 0.25) is 5.89 Å². The lowest BCUT2D eigenvalue weighted by Gasteiger charge is -1.88. The molecule has 67 valence electrons. The van der Waals surface area contributed by atoms with E-state index in [-0.39, 0.29) is 11.1 Å². The fourth-order valence-corrected chi connectivity index (χ4v) is 1.19. The monoisotopic (exact) mass is 209 g/mol. The Morgan fingerprint density at radius 1 is 1.58 bits per heavy atom. The molecule has 1 aromatic rings. The van der Waals surface area contributed by atoms with Crippen LogP contribution in [0.2, 0.25) is 0 Å². The van der Waals surface area contributed by atoms with Gasteiger partial charge in [0.25, 0.3) is 15.3 Å². The maximum Gasteiger partial charge on any atom is 0.276 e. The number of hydrogen-bond acceptors (Lipinski definition) is 6. The molecule has 0 amide bonds. The summed E-state index contributed by atoms with van der Waals surface area (Å²) < 4.78 is 33.7. The molecule has 1 radical (unpaired) electrons. The van der Waals surface area contributed by atoms with Crippen LogP contribution in [0.25, 0.3) is 0 Å². The Kier molecular flexibility index (Phi) is 2.70. The van der Waals surface area contributed by atoms with Gasteiger partial charge < -0.3 is 4.42 Å². The first-order valence-corrected chi connectivity index (χ1v) is 5.30. The summed E-state index contributed by atoms with van der Waals surface area (Å²) in [6.07, 6.45) is 3.37. The van der Waals surface area contributed by atoms with Gasteiger partial charge in [0, 0.05) is 6.26 Å². The van der Waals surface area contributed by atoms with Gasteiger partial charge in [-0.25, -0.2) is 0 Å². The molecular formula is C4H5N2O4S2. The summed E-state index contributed by atoms with van der Waals surface area (Å²) in [5.74, 6) is -0.816. The molecule has 0 spiro atoms. The van der Waals surface area contributed by atoms with E-state index in [1.165, 1.54) is 0 Å². The molecule has 0 aliphatic carbocycles. The maximum absolute atomic E-state index is 10.3. The van der Waals surface area contributed by atoms with Crippen molar-refractivity contribution in [3.63, 3.8) is 0 Å². The zero-order valence-electron chi connectivity index (χ0n) is 5.80. The largest absolute Gasteiger partial charge is 0.415 e. The first kappa shape index (κ1) is 9.49. The fraction of sp³-hybridized carbons (Fsp3) is 0.250. The Bertz CT molecular complexity index is 357. The van der Waals surface area contributed by atoms with Crippen LogP contribution in [0.1, 0.15) is 5.89 Å². The standard InChI is InChI=1S/C4H5N2O4S2/c1-11-4-6-5-3(10-4)2-12(7,8)9/h1-2H2,(H,7,8,9). The highest BCUT2D eigenvalue weighted by Crippen LogP contribution is 2.14. The van der Waals surface area contributed by atoms with E-state index in [4.69, 9.17) is 8.97 Å². The van der Waals surface area contributed by atoms with E-state index in [1.807, 2.05) is 0 Å². The topological polar surface area (TPSA) is 93.3 Å². The van der Waals surface area contributed by atoms with Crippen molar-refractivity contribution >= 4 is 21.9 Å². The predicted molar refractivity (Wildman–Crippen MR) is 40.8 cm³/mol. The van der Waals surface area contributed by atoms with E-state index in [1.54, 1.807) is 0 Å². The quantitative estimate of drug-likeness (QED) is 0.566. The van der Waals surface area contributed by atoms with E-state index in [0.717, 1.165) is 11.8 Å². The second-order valence-electron chi connectivity index (χ2n) is 1.83. The molecule has 0 aromatic carbocycles. The average Bonchev–Trinajstić information content (AvgIpc) is 2.32. The zero-order chi connectivity index (χ0) is 9.19. The van der Waals surface area contributed by atoms with Crippen molar-refractivity contribution < 1.29 is 17.4 Å². The summed E-state index contributed by atoms with van der Waals surface area (Å²) in [6, 6.07) is 0. The third-order valence-electron chi connectivity index (χ3n) is 0.878. The SMILES string of the molecule is [CH2]Sc1nnc(CS(=O)(=O)O)o1. The summed E-state index contributed by atoms with van der Waals surface area (Å²) >= 11 is 0.949. The molecule has 0 bridgehead atoms. The third-order valence-corrected chi connectivity index (χ3v) is 1.90. The van der Waals surface area contributed by atoms with E-state index in [9.17, 15) is 8.42 Å². The highest BCUT2D eigenvalue weighted by Gasteiger charge is 2.12. The van der Waals surface area contributed by atoms with Crippen molar-refractivity contribution in [1.82, 2.24) is 10.2 Å². The van der Waals surface area contributed by atoms with Gasteiger partial charge in [0.15, 0.2) is 5.75 Å². The minimum absolute atomic E-state index is 0.149. The first-order chi connectivity index (χ1) is 5.51. The summed E-state index contributed by atoms with van der Waals surface area (Å²) in [7, 11) is -4.10. The average molecular weight is 209 g/mol. The van der Waals surface area contributed by atoms with Crippen LogP contribution < -0.4 is 0 Å². The van der Waals surface area contributed by atoms with Crippen molar-refractivity contribution in [1.29, 1.82) is 0 Å². The molecule has 1 aromatic heterocycles. The number of aromatic nitrogens is 2. The van der Waals surface area contributed by atoms with Gasteiger partial charge in [0.1, 0.15) is 0 Å². The molecule has 0 saturated carbocycles. The van der Waals surface area contributed by atoms with Crippen LogP contribution >= 0.6 is 11.8 Å². The minimum Gasteiger partial charge on any atom is -0.415 e. The molecule has 1 rings (SSSR count). The van der Waals surface area contributed by atoms with Crippen LogP contribution in [-0.2, 0) is 15.9 Å². The van der Waals surface area contributed by atoms with Crippen LogP contribution in [0.5, 0.6) is 0 Å². The van der Waals surface area contributed by atoms with E-state index in [2.05, 4.69) is 16.5 Å². The van der Waals surface area contributed by atoms with Crippen molar-refractivity contribution in [2.75, 3.05) is 0 Å². The summed E-state index contributed by atoms with van der Waals surface area (Å²) in [5, 5.41) is 6.94. The van der Waals surface area contributed by atoms with Gasteiger partial charge in [0.05, 0.1) is 0 Å². The molecule has 1 heterocycles. The Morgan fingerprint density at radius 3 is 2.67 bits per heavy atom. The summed E-state index contributed by atoms with van der Waals surface area (Å²) in [4.78, 5) is 0. The summed E-state index contributed by atoms with van der Waals surface area (Å²) in [5.41, 5.74) is 0. The second kappa shape index (κ2) is 3.42. The molecule has 0 aliphatic rings. The molecule has 0 fully saturated rings. The lowest BCUT2D eigenvalue weighted by Crippen LogP contribution is -2.01. The van der Waals surface area contributed by atoms with Crippen molar-refractivity contribution in [3.8, 4) is 0 Å². The highest BCUT2D eigenvalue weighted by molar-refractivity contribution is 8.00. The Labute approximate surface area is 73.1 Å². The number of nitrogens with zero attached hydrogens (tertiary/aromatic N) is 2. The van der Waals surface area contributed by atoms with Gasteiger partial charge in [-0.1, -0.05) is 11.8 Å². The normalized spacial score (nSPS) is 11.8. The van der Waals surface area contributed by atoms with Crippen LogP contribution in [0, 0.1) is 6.26 Å². The van der Waals surface area contributed by atoms with Crippen molar-refractivity contribution in [2.24, 2.45) is 0 Å². The molecule has 0 saturated heterocycles. The van der Waals surface area contributed by atoms with Crippen molar-refractivity contribution in [2.45, 2.75) is 11.0 Å². The molecule has 12 heavy (non-hydrogen) atoms.